The van der Waals surface area contributed by atoms with E-state index >= 15 is 0 Å². The molecule has 0 bridgehead atoms. The van der Waals surface area contributed by atoms with Gasteiger partial charge >= 0.3 is 5.69 Å². The molecule has 6 nitrogen and oxygen atoms in total. The second kappa shape index (κ2) is 4.53. The third-order valence-electron chi connectivity index (χ3n) is 3.13. The van der Waals surface area contributed by atoms with Crippen LogP contribution in [0.4, 0.5) is 5.69 Å². The molecule has 1 aromatic carbocycles. The van der Waals surface area contributed by atoms with Crippen LogP contribution >= 0.6 is 0 Å². The number of benzene rings is 1. The van der Waals surface area contributed by atoms with Gasteiger partial charge in [-0.25, -0.2) is 4.79 Å². The summed E-state index contributed by atoms with van der Waals surface area (Å²) >= 11 is 0. The van der Waals surface area contributed by atoms with Crippen molar-refractivity contribution in [2.45, 2.75) is 39.8 Å². The highest BCUT2D eigenvalue weighted by Gasteiger charge is 2.19. The van der Waals surface area contributed by atoms with Gasteiger partial charge in [0.2, 0.25) is 0 Å². The Hall–Kier alpha value is -2.11. The van der Waals surface area contributed by atoms with Crippen molar-refractivity contribution in [3.8, 4) is 0 Å². The summed E-state index contributed by atoms with van der Waals surface area (Å²) in [6.07, 6.45) is 0. The van der Waals surface area contributed by atoms with Crippen molar-refractivity contribution >= 4 is 16.7 Å². The monoisotopic (exact) mass is 263 g/mol. The molecule has 0 aliphatic carbocycles. The molecule has 2 rings (SSSR count). The SMILES string of the molecule is CC(C)n1c(=O)n(C(C)C)c2cc([N+](=O)[O-])ccc21. The Morgan fingerprint density at radius 1 is 1.05 bits per heavy atom. The lowest BCUT2D eigenvalue weighted by molar-refractivity contribution is -0.384. The third-order valence-corrected chi connectivity index (χ3v) is 3.13. The third kappa shape index (κ3) is 2.03. The van der Waals surface area contributed by atoms with Crippen molar-refractivity contribution in [3.05, 3.63) is 38.8 Å². The summed E-state index contributed by atoms with van der Waals surface area (Å²) in [4.78, 5) is 22.8. The highest BCUT2D eigenvalue weighted by Crippen LogP contribution is 2.24. The van der Waals surface area contributed by atoms with Gasteiger partial charge in [-0.05, 0) is 33.8 Å². The van der Waals surface area contributed by atoms with E-state index in [1.807, 2.05) is 27.7 Å². The quantitative estimate of drug-likeness (QED) is 0.631. The molecule has 1 heterocycles. The second-order valence-electron chi connectivity index (χ2n) is 5.14. The Morgan fingerprint density at radius 3 is 2.05 bits per heavy atom. The Kier molecular flexibility index (Phi) is 3.18. The fourth-order valence-electron chi connectivity index (χ4n) is 2.34. The number of nitrogens with zero attached hydrogens (tertiary/aromatic N) is 3. The molecule has 0 atom stereocenters. The number of hydrogen-bond acceptors (Lipinski definition) is 3. The van der Waals surface area contributed by atoms with Gasteiger partial charge in [0.25, 0.3) is 5.69 Å². The fraction of sp³-hybridized carbons (Fsp3) is 0.462. The molecule has 0 N–H and O–H groups in total. The minimum absolute atomic E-state index is 0.00260. The van der Waals surface area contributed by atoms with Gasteiger partial charge < -0.3 is 0 Å². The largest absolute Gasteiger partial charge is 0.329 e. The Morgan fingerprint density at radius 2 is 1.58 bits per heavy atom. The van der Waals surface area contributed by atoms with Crippen LogP contribution in [0.5, 0.6) is 0 Å². The van der Waals surface area contributed by atoms with Gasteiger partial charge in [0.15, 0.2) is 0 Å². The molecular weight excluding hydrogens is 246 g/mol. The van der Waals surface area contributed by atoms with Gasteiger partial charge in [-0.15, -0.1) is 0 Å². The lowest BCUT2D eigenvalue weighted by Crippen LogP contribution is -2.26. The molecule has 0 aliphatic rings. The molecule has 0 unspecified atom stereocenters. The first-order valence-electron chi connectivity index (χ1n) is 6.25. The predicted molar refractivity (Wildman–Crippen MR) is 73.6 cm³/mol. The number of imidazole rings is 1. The first kappa shape index (κ1) is 13.3. The zero-order valence-corrected chi connectivity index (χ0v) is 11.5. The van der Waals surface area contributed by atoms with E-state index in [1.54, 1.807) is 15.2 Å². The maximum atomic E-state index is 12.4. The first-order chi connectivity index (χ1) is 8.84. The van der Waals surface area contributed by atoms with E-state index in [2.05, 4.69) is 0 Å². The van der Waals surface area contributed by atoms with Crippen LogP contribution in [0.3, 0.4) is 0 Å². The molecule has 0 aliphatic heterocycles. The van der Waals surface area contributed by atoms with Crippen LogP contribution in [-0.2, 0) is 0 Å². The van der Waals surface area contributed by atoms with E-state index in [9.17, 15) is 14.9 Å². The highest BCUT2D eigenvalue weighted by atomic mass is 16.6. The van der Waals surface area contributed by atoms with Crippen molar-refractivity contribution < 1.29 is 4.92 Å². The van der Waals surface area contributed by atoms with Crippen LogP contribution in [-0.4, -0.2) is 14.1 Å². The van der Waals surface area contributed by atoms with E-state index in [4.69, 9.17) is 0 Å². The van der Waals surface area contributed by atoms with Crippen molar-refractivity contribution in [1.29, 1.82) is 0 Å². The van der Waals surface area contributed by atoms with Crippen LogP contribution in [0.25, 0.3) is 11.0 Å². The summed E-state index contributed by atoms with van der Waals surface area (Å²) in [7, 11) is 0. The molecule has 0 saturated heterocycles. The lowest BCUT2D eigenvalue weighted by Gasteiger charge is -2.07. The van der Waals surface area contributed by atoms with Gasteiger partial charge in [0.05, 0.1) is 16.0 Å². The summed E-state index contributed by atoms with van der Waals surface area (Å²) in [5, 5.41) is 10.9. The minimum atomic E-state index is -0.443. The lowest BCUT2D eigenvalue weighted by atomic mass is 10.2. The maximum Gasteiger partial charge on any atom is 0.329 e. The maximum absolute atomic E-state index is 12.4. The average Bonchev–Trinajstić information content (AvgIpc) is 2.59. The molecule has 19 heavy (non-hydrogen) atoms. The van der Waals surface area contributed by atoms with Gasteiger partial charge in [0.1, 0.15) is 0 Å². The molecule has 0 spiro atoms. The summed E-state index contributed by atoms with van der Waals surface area (Å²) in [6.45, 7) is 7.63. The molecule has 2 aromatic rings. The number of nitro groups is 1. The van der Waals surface area contributed by atoms with E-state index in [1.165, 1.54) is 12.1 Å². The minimum Gasteiger partial charge on any atom is -0.289 e. The van der Waals surface area contributed by atoms with Crippen LogP contribution < -0.4 is 5.69 Å². The second-order valence-corrected chi connectivity index (χ2v) is 5.14. The molecule has 1 aromatic heterocycles. The number of hydrogen-bond donors (Lipinski definition) is 0. The van der Waals surface area contributed by atoms with Crippen molar-refractivity contribution in [3.63, 3.8) is 0 Å². The van der Waals surface area contributed by atoms with Gasteiger partial charge in [-0.3, -0.25) is 19.2 Å². The summed E-state index contributed by atoms with van der Waals surface area (Å²) in [5.41, 5.74) is 1.23. The van der Waals surface area contributed by atoms with E-state index in [0.717, 1.165) is 5.52 Å². The molecule has 102 valence electrons. The molecule has 0 saturated carbocycles. The molecule has 0 amide bonds. The van der Waals surface area contributed by atoms with Gasteiger partial charge in [0, 0.05) is 24.2 Å². The van der Waals surface area contributed by atoms with Crippen molar-refractivity contribution in [2.75, 3.05) is 0 Å². The smallest absolute Gasteiger partial charge is 0.289 e. The number of aromatic nitrogens is 2. The van der Waals surface area contributed by atoms with Crippen LogP contribution in [0.15, 0.2) is 23.0 Å². The predicted octanol–water partition coefficient (Wildman–Crippen LogP) is 2.87. The van der Waals surface area contributed by atoms with Gasteiger partial charge in [-0.1, -0.05) is 0 Å². The topological polar surface area (TPSA) is 70.1 Å². The molecule has 0 radical (unpaired) electrons. The van der Waals surface area contributed by atoms with E-state index in [-0.39, 0.29) is 23.5 Å². The number of rotatable bonds is 3. The Bertz CT molecular complexity index is 695. The Balaban J connectivity index is 2.90. The summed E-state index contributed by atoms with van der Waals surface area (Å²) in [6, 6.07) is 4.52. The zero-order valence-electron chi connectivity index (χ0n) is 11.5. The summed E-state index contributed by atoms with van der Waals surface area (Å²) < 4.78 is 3.27. The molecule has 6 heteroatoms. The van der Waals surface area contributed by atoms with E-state index < -0.39 is 4.92 Å². The van der Waals surface area contributed by atoms with Crippen LogP contribution in [0.2, 0.25) is 0 Å². The summed E-state index contributed by atoms with van der Waals surface area (Å²) in [5.74, 6) is 0. The fourth-order valence-corrected chi connectivity index (χ4v) is 2.34. The standard InChI is InChI=1S/C13H17N3O3/c1-8(2)14-11-6-5-10(16(18)19)7-12(11)15(9(3)4)13(14)17/h5-9H,1-4H3. The molecule has 0 fully saturated rings. The van der Waals surface area contributed by atoms with Crippen molar-refractivity contribution in [2.24, 2.45) is 0 Å². The Labute approximate surface area is 110 Å². The highest BCUT2D eigenvalue weighted by molar-refractivity contribution is 5.79. The average molecular weight is 263 g/mol. The number of fused-ring (bicyclic) bond motifs is 1. The number of nitro benzene ring substituents is 1. The van der Waals surface area contributed by atoms with Crippen LogP contribution in [0, 0.1) is 10.1 Å². The zero-order chi connectivity index (χ0) is 14.3. The first-order valence-corrected chi connectivity index (χ1v) is 6.25. The molecular formula is C13H17N3O3. The number of non-ortho nitro benzene ring substituents is 1. The normalized spacial score (nSPS) is 11.7. The van der Waals surface area contributed by atoms with Crippen LogP contribution in [0.1, 0.15) is 39.8 Å². The van der Waals surface area contributed by atoms with E-state index in [0.29, 0.717) is 5.52 Å². The van der Waals surface area contributed by atoms with Gasteiger partial charge in [-0.2, -0.15) is 0 Å². The van der Waals surface area contributed by atoms with Crippen molar-refractivity contribution in [1.82, 2.24) is 9.13 Å².